The number of hydrogen-bond acceptors (Lipinski definition) is 2. The molecule has 8 heavy (non-hydrogen) atoms. The van der Waals surface area contributed by atoms with Gasteiger partial charge in [0.25, 0.3) is 0 Å². The summed E-state index contributed by atoms with van der Waals surface area (Å²) in [5.41, 5.74) is 0. The van der Waals surface area contributed by atoms with Crippen molar-refractivity contribution in [1.82, 2.24) is 0 Å². The number of carbonyl (C=O) groups excluding carboxylic acids is 1. The molecule has 0 amide bonds. The third-order valence-corrected chi connectivity index (χ3v) is 1.16. The molecule has 1 atom stereocenters. The first-order valence-electron chi connectivity index (χ1n) is 2.50. The molecule has 0 bridgehead atoms. The maximum atomic E-state index is 10.5. The van der Waals surface area contributed by atoms with Crippen LogP contribution in [-0.4, -0.2) is 13.1 Å². The van der Waals surface area contributed by atoms with Crippen molar-refractivity contribution in [3.8, 4) is 0 Å². The van der Waals surface area contributed by atoms with Gasteiger partial charge < -0.3 is 4.74 Å². The van der Waals surface area contributed by atoms with Crippen molar-refractivity contribution in [3.63, 3.8) is 0 Å². The molecule has 0 aromatic heterocycles. The van der Waals surface area contributed by atoms with E-state index in [1.165, 1.54) is 7.11 Å². The van der Waals surface area contributed by atoms with E-state index in [1.807, 2.05) is 6.08 Å². The van der Waals surface area contributed by atoms with Crippen LogP contribution in [0.4, 0.5) is 0 Å². The summed E-state index contributed by atoms with van der Waals surface area (Å²) in [6.07, 6.45) is 5.43. The Balaban J connectivity index is 2.36. The Bertz CT molecular complexity index is 126. The van der Waals surface area contributed by atoms with E-state index in [-0.39, 0.29) is 11.9 Å². The Morgan fingerprint density at radius 2 is 2.62 bits per heavy atom. The van der Waals surface area contributed by atoms with Crippen LogP contribution in [0.25, 0.3) is 0 Å². The standard InChI is InChI=1S/C6H7O2/c1-8-6(7)5-3-2-4-5/h2,5H,3H2,1H3. The molecule has 0 saturated heterocycles. The summed E-state index contributed by atoms with van der Waals surface area (Å²) in [7, 11) is 1.39. The summed E-state index contributed by atoms with van der Waals surface area (Å²) in [4.78, 5) is 10.5. The van der Waals surface area contributed by atoms with Crippen LogP contribution in [0.1, 0.15) is 6.42 Å². The van der Waals surface area contributed by atoms with E-state index in [2.05, 4.69) is 10.8 Å². The third-order valence-electron chi connectivity index (χ3n) is 1.16. The second-order valence-electron chi connectivity index (χ2n) is 1.68. The molecule has 2 nitrogen and oxygen atoms in total. The Labute approximate surface area is 48.1 Å². The van der Waals surface area contributed by atoms with Gasteiger partial charge in [0.05, 0.1) is 13.0 Å². The summed E-state index contributed by atoms with van der Waals surface area (Å²) in [6, 6.07) is 0. The first-order valence-corrected chi connectivity index (χ1v) is 2.50. The fraction of sp³-hybridized carbons (Fsp3) is 0.500. The molecule has 1 radical (unpaired) electrons. The van der Waals surface area contributed by atoms with Gasteiger partial charge in [-0.15, -0.1) is 0 Å². The van der Waals surface area contributed by atoms with Crippen LogP contribution in [0.15, 0.2) is 6.08 Å². The monoisotopic (exact) mass is 111 g/mol. The predicted octanol–water partition coefficient (Wildman–Crippen LogP) is 0.539. The lowest BCUT2D eigenvalue weighted by Crippen LogP contribution is -2.18. The molecular formula is C6H7O2. The van der Waals surface area contributed by atoms with E-state index < -0.39 is 0 Å². The predicted molar refractivity (Wildman–Crippen MR) is 27.9 cm³/mol. The van der Waals surface area contributed by atoms with Crippen LogP contribution in [0, 0.1) is 12.0 Å². The molecule has 0 spiro atoms. The molecule has 0 fully saturated rings. The molecule has 2 heteroatoms. The van der Waals surface area contributed by atoms with Crippen LogP contribution >= 0.6 is 0 Å². The van der Waals surface area contributed by atoms with Gasteiger partial charge in [0, 0.05) is 0 Å². The minimum Gasteiger partial charge on any atom is -0.469 e. The average Bonchev–Trinajstić information content (AvgIpc) is 1.62. The van der Waals surface area contributed by atoms with Crippen LogP contribution in [0.2, 0.25) is 0 Å². The van der Waals surface area contributed by atoms with Crippen molar-refractivity contribution in [2.24, 2.45) is 5.92 Å². The van der Waals surface area contributed by atoms with Gasteiger partial charge in [-0.25, -0.2) is 0 Å². The molecule has 1 rings (SSSR count). The Kier molecular flexibility index (Phi) is 1.33. The Morgan fingerprint density at radius 1 is 2.00 bits per heavy atom. The van der Waals surface area contributed by atoms with E-state index in [1.54, 1.807) is 0 Å². The van der Waals surface area contributed by atoms with E-state index in [0.717, 1.165) is 6.42 Å². The first kappa shape index (κ1) is 5.35. The summed E-state index contributed by atoms with van der Waals surface area (Å²) in [5.74, 6) is -0.243. The topological polar surface area (TPSA) is 26.3 Å². The molecular weight excluding hydrogens is 104 g/mol. The molecule has 0 aromatic carbocycles. The van der Waals surface area contributed by atoms with Gasteiger partial charge in [-0.05, 0) is 12.5 Å². The van der Waals surface area contributed by atoms with Gasteiger partial charge in [0.2, 0.25) is 0 Å². The average molecular weight is 111 g/mol. The zero-order valence-electron chi connectivity index (χ0n) is 4.68. The highest BCUT2D eigenvalue weighted by Gasteiger charge is 2.19. The van der Waals surface area contributed by atoms with E-state index in [4.69, 9.17) is 0 Å². The smallest absolute Gasteiger partial charge is 0.313 e. The number of methoxy groups -OCH3 is 1. The maximum absolute atomic E-state index is 10.5. The Morgan fingerprint density at radius 3 is 2.75 bits per heavy atom. The van der Waals surface area contributed by atoms with Gasteiger partial charge in [-0.3, -0.25) is 4.79 Å². The van der Waals surface area contributed by atoms with Crippen molar-refractivity contribution in [3.05, 3.63) is 12.2 Å². The normalized spacial score (nSPS) is 24.4. The van der Waals surface area contributed by atoms with Gasteiger partial charge in [-0.2, -0.15) is 0 Å². The second-order valence-corrected chi connectivity index (χ2v) is 1.68. The van der Waals surface area contributed by atoms with Crippen molar-refractivity contribution in [1.29, 1.82) is 0 Å². The summed E-state index contributed by atoms with van der Waals surface area (Å²) < 4.78 is 4.43. The van der Waals surface area contributed by atoms with Gasteiger partial charge >= 0.3 is 5.97 Å². The zero-order chi connectivity index (χ0) is 5.98. The molecule has 0 aliphatic heterocycles. The number of rotatable bonds is 1. The molecule has 0 N–H and O–H groups in total. The van der Waals surface area contributed by atoms with Gasteiger partial charge in [-0.1, -0.05) is 6.08 Å². The van der Waals surface area contributed by atoms with E-state index in [9.17, 15) is 4.79 Å². The fourth-order valence-corrected chi connectivity index (χ4v) is 0.542. The highest BCUT2D eigenvalue weighted by atomic mass is 16.5. The van der Waals surface area contributed by atoms with E-state index in [0.29, 0.717) is 0 Å². The molecule has 1 aliphatic carbocycles. The minimum atomic E-state index is -0.174. The fourth-order valence-electron chi connectivity index (χ4n) is 0.542. The van der Waals surface area contributed by atoms with Crippen LogP contribution in [0.5, 0.6) is 0 Å². The largest absolute Gasteiger partial charge is 0.469 e. The van der Waals surface area contributed by atoms with Crippen molar-refractivity contribution < 1.29 is 9.53 Å². The van der Waals surface area contributed by atoms with Crippen molar-refractivity contribution in [2.45, 2.75) is 6.42 Å². The zero-order valence-corrected chi connectivity index (χ0v) is 4.68. The maximum Gasteiger partial charge on any atom is 0.313 e. The highest BCUT2D eigenvalue weighted by Crippen LogP contribution is 2.15. The Hall–Kier alpha value is -0.790. The number of esters is 1. The minimum absolute atomic E-state index is 0.0694. The molecule has 0 saturated carbocycles. The molecule has 1 unspecified atom stereocenters. The lowest BCUT2D eigenvalue weighted by atomic mass is 9.96. The van der Waals surface area contributed by atoms with E-state index >= 15 is 0 Å². The second kappa shape index (κ2) is 1.99. The number of allylic oxidation sites excluding steroid dienone is 1. The summed E-state index contributed by atoms with van der Waals surface area (Å²) in [5, 5.41) is 0. The summed E-state index contributed by atoms with van der Waals surface area (Å²) >= 11 is 0. The molecule has 1 aliphatic rings. The van der Waals surface area contributed by atoms with Gasteiger partial charge in [0.1, 0.15) is 0 Å². The number of carbonyl (C=O) groups is 1. The molecule has 43 valence electrons. The highest BCUT2D eigenvalue weighted by molar-refractivity contribution is 5.74. The lowest BCUT2D eigenvalue weighted by Gasteiger charge is -2.12. The quantitative estimate of drug-likeness (QED) is 0.461. The van der Waals surface area contributed by atoms with Crippen LogP contribution in [-0.2, 0) is 9.53 Å². The van der Waals surface area contributed by atoms with Crippen LogP contribution in [0.3, 0.4) is 0 Å². The molecule has 0 heterocycles. The molecule has 0 aromatic rings. The number of ether oxygens (including phenoxy) is 1. The third kappa shape index (κ3) is 0.735. The van der Waals surface area contributed by atoms with Crippen LogP contribution < -0.4 is 0 Å². The SMILES string of the molecule is COC(=O)C1[C]=CC1. The van der Waals surface area contributed by atoms with Crippen molar-refractivity contribution >= 4 is 5.97 Å². The first-order chi connectivity index (χ1) is 3.84. The lowest BCUT2D eigenvalue weighted by molar-refractivity contribution is -0.144. The number of hydrogen-bond donors (Lipinski definition) is 0. The summed E-state index contributed by atoms with van der Waals surface area (Å²) in [6.45, 7) is 0. The van der Waals surface area contributed by atoms with Gasteiger partial charge in [0.15, 0.2) is 0 Å². The van der Waals surface area contributed by atoms with Crippen molar-refractivity contribution in [2.75, 3.05) is 7.11 Å².